The highest BCUT2D eigenvalue weighted by Gasteiger charge is 2.09. The molecule has 0 aliphatic carbocycles. The van der Waals surface area contributed by atoms with Gasteiger partial charge >= 0.3 is 0 Å². The Morgan fingerprint density at radius 2 is 2.00 bits per heavy atom. The average molecular weight is 354 g/mol. The molecule has 1 N–H and O–H groups in total. The van der Waals surface area contributed by atoms with Gasteiger partial charge < -0.3 is 10.1 Å². The Kier molecular flexibility index (Phi) is 5.76. The van der Waals surface area contributed by atoms with Crippen LogP contribution in [0.15, 0.2) is 40.9 Å². The molecule has 0 saturated carbocycles. The summed E-state index contributed by atoms with van der Waals surface area (Å²) >= 11 is 4.92. The SMILES string of the molecule is COCCCNC(=O)c1ccc(-c2ccc(Br)cc2)s1. The normalized spacial score (nSPS) is 10.5. The predicted octanol–water partition coefficient (Wildman–Crippen LogP) is 3.94. The number of methoxy groups -OCH3 is 1. The van der Waals surface area contributed by atoms with Crippen molar-refractivity contribution in [2.75, 3.05) is 20.3 Å². The van der Waals surface area contributed by atoms with Gasteiger partial charge in [0.25, 0.3) is 5.91 Å². The number of benzene rings is 1. The quantitative estimate of drug-likeness (QED) is 0.798. The first kappa shape index (κ1) is 15.2. The maximum atomic E-state index is 12.0. The van der Waals surface area contributed by atoms with Crippen LogP contribution < -0.4 is 5.32 Å². The van der Waals surface area contributed by atoms with Crippen LogP contribution in [0.5, 0.6) is 0 Å². The second kappa shape index (κ2) is 7.57. The van der Waals surface area contributed by atoms with Gasteiger partial charge in [-0.15, -0.1) is 11.3 Å². The summed E-state index contributed by atoms with van der Waals surface area (Å²) in [6, 6.07) is 11.9. The fourth-order valence-electron chi connectivity index (χ4n) is 1.73. The third-order valence-electron chi connectivity index (χ3n) is 2.77. The fourth-order valence-corrected chi connectivity index (χ4v) is 2.93. The van der Waals surface area contributed by atoms with E-state index in [0.717, 1.165) is 26.2 Å². The molecule has 0 bridgehead atoms. The molecule has 1 amide bonds. The van der Waals surface area contributed by atoms with E-state index in [2.05, 4.69) is 21.2 Å². The molecule has 0 saturated heterocycles. The molecule has 0 fully saturated rings. The summed E-state index contributed by atoms with van der Waals surface area (Å²) in [5.74, 6) is -0.0190. The van der Waals surface area contributed by atoms with Crippen molar-refractivity contribution in [2.45, 2.75) is 6.42 Å². The van der Waals surface area contributed by atoms with Crippen molar-refractivity contribution < 1.29 is 9.53 Å². The number of nitrogens with one attached hydrogen (secondary N) is 1. The molecule has 1 aromatic carbocycles. The fraction of sp³-hybridized carbons (Fsp3) is 0.267. The average Bonchev–Trinajstić information content (AvgIpc) is 2.94. The lowest BCUT2D eigenvalue weighted by molar-refractivity contribution is 0.0952. The Labute approximate surface area is 131 Å². The molecule has 0 atom stereocenters. The summed E-state index contributed by atoms with van der Waals surface area (Å²) in [5.41, 5.74) is 1.12. The van der Waals surface area contributed by atoms with E-state index in [1.165, 1.54) is 11.3 Å². The molecule has 2 rings (SSSR count). The number of thiophene rings is 1. The van der Waals surface area contributed by atoms with Gasteiger partial charge in [0.15, 0.2) is 0 Å². The lowest BCUT2D eigenvalue weighted by atomic mass is 10.2. The molecule has 106 valence electrons. The van der Waals surface area contributed by atoms with Crippen molar-refractivity contribution in [3.05, 3.63) is 45.7 Å². The predicted molar refractivity (Wildman–Crippen MR) is 86.3 cm³/mol. The van der Waals surface area contributed by atoms with E-state index in [1.54, 1.807) is 7.11 Å². The topological polar surface area (TPSA) is 38.3 Å². The van der Waals surface area contributed by atoms with Gasteiger partial charge in [-0.2, -0.15) is 0 Å². The molecule has 3 nitrogen and oxygen atoms in total. The number of carbonyl (C=O) groups is 1. The Bertz CT molecular complexity index is 566. The number of hydrogen-bond acceptors (Lipinski definition) is 3. The molecule has 0 aliphatic rings. The van der Waals surface area contributed by atoms with Gasteiger partial charge in [-0.25, -0.2) is 0 Å². The van der Waals surface area contributed by atoms with Crippen LogP contribution in [-0.2, 0) is 4.74 Å². The molecule has 1 heterocycles. The van der Waals surface area contributed by atoms with Crippen LogP contribution in [0.1, 0.15) is 16.1 Å². The summed E-state index contributed by atoms with van der Waals surface area (Å²) in [6.07, 6.45) is 0.827. The van der Waals surface area contributed by atoms with Crippen molar-refractivity contribution in [2.24, 2.45) is 0 Å². The first-order valence-corrected chi connectivity index (χ1v) is 7.94. The minimum absolute atomic E-state index is 0.0190. The second-order valence-electron chi connectivity index (χ2n) is 4.27. The van der Waals surface area contributed by atoms with E-state index >= 15 is 0 Å². The van der Waals surface area contributed by atoms with Gasteiger partial charge in [0.2, 0.25) is 0 Å². The zero-order valence-electron chi connectivity index (χ0n) is 11.2. The summed E-state index contributed by atoms with van der Waals surface area (Å²) in [6.45, 7) is 1.30. The summed E-state index contributed by atoms with van der Waals surface area (Å²) in [4.78, 5) is 13.8. The first-order valence-electron chi connectivity index (χ1n) is 6.33. The van der Waals surface area contributed by atoms with E-state index in [1.807, 2.05) is 36.4 Å². The van der Waals surface area contributed by atoms with Crippen molar-refractivity contribution in [1.29, 1.82) is 0 Å². The minimum atomic E-state index is -0.0190. The van der Waals surface area contributed by atoms with Crippen molar-refractivity contribution in [3.8, 4) is 10.4 Å². The summed E-state index contributed by atoms with van der Waals surface area (Å²) in [5, 5.41) is 2.89. The monoisotopic (exact) mass is 353 g/mol. The number of hydrogen-bond donors (Lipinski definition) is 1. The van der Waals surface area contributed by atoms with Crippen LogP contribution in [0.3, 0.4) is 0 Å². The molecule has 0 aliphatic heterocycles. The molecule has 0 radical (unpaired) electrons. The van der Waals surface area contributed by atoms with E-state index in [0.29, 0.717) is 13.2 Å². The van der Waals surface area contributed by atoms with Crippen LogP contribution in [0.4, 0.5) is 0 Å². The number of rotatable bonds is 6. The molecule has 5 heteroatoms. The van der Waals surface area contributed by atoms with Crippen LogP contribution in [0.25, 0.3) is 10.4 Å². The van der Waals surface area contributed by atoms with Crippen LogP contribution >= 0.6 is 27.3 Å². The van der Waals surface area contributed by atoms with Crippen LogP contribution in [-0.4, -0.2) is 26.2 Å². The van der Waals surface area contributed by atoms with Gasteiger partial charge in [-0.3, -0.25) is 4.79 Å². The highest BCUT2D eigenvalue weighted by molar-refractivity contribution is 9.10. The minimum Gasteiger partial charge on any atom is -0.385 e. The highest BCUT2D eigenvalue weighted by atomic mass is 79.9. The van der Waals surface area contributed by atoms with E-state index < -0.39 is 0 Å². The lowest BCUT2D eigenvalue weighted by Crippen LogP contribution is -2.24. The summed E-state index contributed by atoms with van der Waals surface area (Å²) in [7, 11) is 1.66. The molecule has 0 unspecified atom stereocenters. The zero-order valence-corrected chi connectivity index (χ0v) is 13.6. The lowest BCUT2D eigenvalue weighted by Gasteiger charge is -2.02. The number of carbonyl (C=O) groups excluding carboxylic acids is 1. The molecule has 20 heavy (non-hydrogen) atoms. The Balaban J connectivity index is 1.98. The van der Waals surface area contributed by atoms with E-state index in [4.69, 9.17) is 4.74 Å². The third-order valence-corrected chi connectivity index (χ3v) is 4.43. The smallest absolute Gasteiger partial charge is 0.261 e. The number of halogens is 1. The van der Waals surface area contributed by atoms with Gasteiger partial charge in [0.05, 0.1) is 4.88 Å². The Hall–Kier alpha value is -1.17. The van der Waals surface area contributed by atoms with Gasteiger partial charge in [-0.1, -0.05) is 28.1 Å². The molecule has 2 aromatic rings. The van der Waals surface area contributed by atoms with E-state index in [-0.39, 0.29) is 5.91 Å². The maximum absolute atomic E-state index is 12.0. The standard InChI is InChI=1S/C15H16BrNO2S/c1-19-10-2-9-17-15(18)14-8-7-13(20-14)11-3-5-12(16)6-4-11/h3-8H,2,9-10H2,1H3,(H,17,18). The van der Waals surface area contributed by atoms with Crippen LogP contribution in [0, 0.1) is 0 Å². The first-order chi connectivity index (χ1) is 9.70. The second-order valence-corrected chi connectivity index (χ2v) is 6.27. The van der Waals surface area contributed by atoms with E-state index in [9.17, 15) is 4.79 Å². The maximum Gasteiger partial charge on any atom is 0.261 e. The summed E-state index contributed by atoms with van der Waals surface area (Å²) < 4.78 is 6.00. The molecular weight excluding hydrogens is 338 g/mol. The van der Waals surface area contributed by atoms with Crippen molar-refractivity contribution in [1.82, 2.24) is 5.32 Å². The number of amides is 1. The largest absolute Gasteiger partial charge is 0.385 e. The highest BCUT2D eigenvalue weighted by Crippen LogP contribution is 2.29. The van der Waals surface area contributed by atoms with Crippen LogP contribution in [0.2, 0.25) is 0 Å². The Morgan fingerprint density at radius 1 is 1.25 bits per heavy atom. The molecular formula is C15H16BrNO2S. The molecule has 0 spiro atoms. The van der Waals surface area contributed by atoms with Crippen molar-refractivity contribution >= 4 is 33.2 Å². The van der Waals surface area contributed by atoms with Gasteiger partial charge in [0, 0.05) is 29.6 Å². The van der Waals surface area contributed by atoms with Gasteiger partial charge in [0.1, 0.15) is 0 Å². The van der Waals surface area contributed by atoms with Crippen molar-refractivity contribution in [3.63, 3.8) is 0 Å². The number of ether oxygens (including phenoxy) is 1. The Morgan fingerprint density at radius 3 is 2.70 bits per heavy atom. The zero-order chi connectivity index (χ0) is 14.4. The third kappa shape index (κ3) is 4.16. The molecule has 1 aromatic heterocycles. The van der Waals surface area contributed by atoms with Gasteiger partial charge in [-0.05, 0) is 36.2 Å².